The maximum Gasteiger partial charge on any atom is 0.130 e. The van der Waals surface area contributed by atoms with Crippen LogP contribution in [0.4, 0.5) is 0 Å². The number of hydrogen-bond acceptors (Lipinski definition) is 3. The third-order valence-electron chi connectivity index (χ3n) is 3.00. The summed E-state index contributed by atoms with van der Waals surface area (Å²) in [5.74, 6) is 1.50. The molecular weight excluding hydrogens is 260 g/mol. The lowest BCUT2D eigenvalue weighted by Gasteiger charge is -2.06. The van der Waals surface area contributed by atoms with Crippen LogP contribution in [-0.2, 0) is 6.42 Å². The van der Waals surface area contributed by atoms with Gasteiger partial charge in [0.1, 0.15) is 29.2 Å². The number of aryl methyl sites for hydroxylation is 1. The molecule has 0 radical (unpaired) electrons. The topological polar surface area (TPSA) is 56.8 Å². The second kappa shape index (κ2) is 6.93. The number of rotatable bonds is 4. The molecule has 0 atom stereocenters. The molecule has 0 aliphatic carbocycles. The van der Waals surface area contributed by atoms with Crippen LogP contribution in [0.5, 0.6) is 11.5 Å². The largest absolute Gasteiger partial charge is 0.457 e. The van der Waals surface area contributed by atoms with Crippen LogP contribution < -0.4 is 4.74 Å². The van der Waals surface area contributed by atoms with Gasteiger partial charge in [-0.25, -0.2) is 0 Å². The van der Waals surface area contributed by atoms with Crippen LogP contribution in [-0.4, -0.2) is 0 Å². The summed E-state index contributed by atoms with van der Waals surface area (Å²) in [7, 11) is 0. The molecule has 2 rings (SSSR count). The van der Waals surface area contributed by atoms with E-state index in [9.17, 15) is 0 Å². The molecule has 0 aliphatic rings. The average molecular weight is 274 g/mol. The van der Waals surface area contributed by atoms with Gasteiger partial charge in [-0.2, -0.15) is 10.5 Å². The molecule has 2 aromatic rings. The molecule has 0 N–H and O–H groups in total. The van der Waals surface area contributed by atoms with E-state index in [-0.39, 0.29) is 5.57 Å². The van der Waals surface area contributed by atoms with E-state index < -0.39 is 0 Å². The van der Waals surface area contributed by atoms with Crippen LogP contribution >= 0.6 is 0 Å². The summed E-state index contributed by atoms with van der Waals surface area (Å²) >= 11 is 0. The monoisotopic (exact) mass is 274 g/mol. The maximum absolute atomic E-state index is 8.71. The molecule has 0 heterocycles. The summed E-state index contributed by atoms with van der Waals surface area (Å²) in [5, 5.41) is 17.4. The summed E-state index contributed by atoms with van der Waals surface area (Å²) in [6.45, 7) is 2.11. The number of allylic oxidation sites excluding steroid dienone is 1. The Labute approximate surface area is 124 Å². The second-order valence-corrected chi connectivity index (χ2v) is 4.45. The van der Waals surface area contributed by atoms with E-state index in [0.717, 1.165) is 17.7 Å². The summed E-state index contributed by atoms with van der Waals surface area (Å²) < 4.78 is 5.74. The molecule has 0 spiro atoms. The Balaban J connectivity index is 2.11. The van der Waals surface area contributed by atoms with E-state index in [2.05, 4.69) is 6.92 Å². The Bertz CT molecular complexity index is 698. The van der Waals surface area contributed by atoms with E-state index in [1.807, 2.05) is 60.7 Å². The van der Waals surface area contributed by atoms with Crippen molar-refractivity contribution in [3.63, 3.8) is 0 Å². The Hall–Kier alpha value is -3.04. The normalized spacial score (nSPS) is 9.29. The van der Waals surface area contributed by atoms with Gasteiger partial charge in [-0.3, -0.25) is 0 Å². The van der Waals surface area contributed by atoms with Gasteiger partial charge in [-0.05, 0) is 47.9 Å². The standard InChI is InChI=1S/C18H14N2O/c1-2-14-3-7-17(8-4-14)21-18-9-5-15(6-10-18)11-16(12-19)13-20/h3-11H,2H2,1H3. The Morgan fingerprint density at radius 3 is 1.95 bits per heavy atom. The SMILES string of the molecule is CCc1ccc(Oc2ccc(C=C(C#N)C#N)cc2)cc1. The molecule has 0 saturated heterocycles. The van der Waals surface area contributed by atoms with E-state index >= 15 is 0 Å². The summed E-state index contributed by atoms with van der Waals surface area (Å²) in [4.78, 5) is 0. The van der Waals surface area contributed by atoms with Gasteiger partial charge in [0, 0.05) is 0 Å². The van der Waals surface area contributed by atoms with Gasteiger partial charge in [-0.15, -0.1) is 0 Å². The fraction of sp³-hybridized carbons (Fsp3) is 0.111. The lowest BCUT2D eigenvalue weighted by molar-refractivity contribution is 0.482. The number of nitriles is 2. The number of nitrogens with zero attached hydrogens (tertiary/aromatic N) is 2. The van der Waals surface area contributed by atoms with Gasteiger partial charge in [0.25, 0.3) is 0 Å². The zero-order chi connectivity index (χ0) is 15.1. The first-order valence-electron chi connectivity index (χ1n) is 6.64. The van der Waals surface area contributed by atoms with Gasteiger partial charge in [0.15, 0.2) is 0 Å². The third-order valence-corrected chi connectivity index (χ3v) is 3.00. The van der Waals surface area contributed by atoms with Crippen LogP contribution in [0.2, 0.25) is 0 Å². The molecule has 0 aromatic heterocycles. The molecule has 2 aromatic carbocycles. The van der Waals surface area contributed by atoms with Crippen molar-refractivity contribution in [2.75, 3.05) is 0 Å². The minimum atomic E-state index is 0.0822. The maximum atomic E-state index is 8.71. The van der Waals surface area contributed by atoms with Crippen molar-refractivity contribution in [2.24, 2.45) is 0 Å². The Kier molecular flexibility index (Phi) is 4.75. The average Bonchev–Trinajstić information content (AvgIpc) is 2.55. The van der Waals surface area contributed by atoms with Crippen molar-refractivity contribution in [3.8, 4) is 23.6 Å². The van der Waals surface area contributed by atoms with Crippen LogP contribution in [0, 0.1) is 22.7 Å². The summed E-state index contributed by atoms with van der Waals surface area (Å²) in [6, 6.07) is 18.9. The van der Waals surface area contributed by atoms with Crippen molar-refractivity contribution >= 4 is 6.08 Å². The first kappa shape index (κ1) is 14.4. The van der Waals surface area contributed by atoms with E-state index in [4.69, 9.17) is 15.3 Å². The fourth-order valence-corrected chi connectivity index (χ4v) is 1.82. The smallest absolute Gasteiger partial charge is 0.130 e. The molecule has 0 saturated carbocycles. The Morgan fingerprint density at radius 1 is 0.952 bits per heavy atom. The van der Waals surface area contributed by atoms with Crippen molar-refractivity contribution in [3.05, 3.63) is 65.2 Å². The summed E-state index contributed by atoms with van der Waals surface area (Å²) in [6.07, 6.45) is 2.54. The highest BCUT2D eigenvalue weighted by molar-refractivity contribution is 5.62. The highest BCUT2D eigenvalue weighted by Gasteiger charge is 1.99. The second-order valence-electron chi connectivity index (χ2n) is 4.45. The summed E-state index contributed by atoms with van der Waals surface area (Å²) in [5.41, 5.74) is 2.14. The molecule has 0 bridgehead atoms. The minimum absolute atomic E-state index is 0.0822. The van der Waals surface area contributed by atoms with Crippen molar-refractivity contribution in [1.82, 2.24) is 0 Å². The van der Waals surface area contributed by atoms with Crippen LogP contribution in [0.15, 0.2) is 54.1 Å². The fourth-order valence-electron chi connectivity index (χ4n) is 1.82. The molecule has 102 valence electrons. The third kappa shape index (κ3) is 3.96. The molecule has 0 unspecified atom stereocenters. The van der Waals surface area contributed by atoms with Crippen molar-refractivity contribution in [2.45, 2.75) is 13.3 Å². The van der Waals surface area contributed by atoms with Crippen molar-refractivity contribution in [1.29, 1.82) is 10.5 Å². The molecule has 3 nitrogen and oxygen atoms in total. The first-order chi connectivity index (χ1) is 10.2. The van der Waals surface area contributed by atoms with E-state index in [1.54, 1.807) is 6.08 Å². The van der Waals surface area contributed by atoms with Gasteiger partial charge in [0.05, 0.1) is 0 Å². The first-order valence-corrected chi connectivity index (χ1v) is 6.64. The predicted octanol–water partition coefficient (Wildman–Crippen LogP) is 4.47. The van der Waals surface area contributed by atoms with Crippen LogP contribution in [0.25, 0.3) is 6.08 Å². The number of ether oxygens (including phenoxy) is 1. The number of benzene rings is 2. The lowest BCUT2D eigenvalue weighted by atomic mass is 10.1. The van der Waals surface area contributed by atoms with Crippen LogP contribution in [0.3, 0.4) is 0 Å². The minimum Gasteiger partial charge on any atom is -0.457 e. The van der Waals surface area contributed by atoms with Crippen LogP contribution in [0.1, 0.15) is 18.1 Å². The highest BCUT2D eigenvalue weighted by atomic mass is 16.5. The molecule has 0 amide bonds. The lowest BCUT2D eigenvalue weighted by Crippen LogP contribution is -1.85. The van der Waals surface area contributed by atoms with Gasteiger partial charge in [-0.1, -0.05) is 31.2 Å². The quantitative estimate of drug-likeness (QED) is 0.773. The van der Waals surface area contributed by atoms with Crippen molar-refractivity contribution < 1.29 is 4.74 Å². The molecule has 21 heavy (non-hydrogen) atoms. The van der Waals surface area contributed by atoms with Gasteiger partial charge in [0.2, 0.25) is 0 Å². The van der Waals surface area contributed by atoms with E-state index in [1.165, 1.54) is 5.56 Å². The molecular formula is C18H14N2O. The number of hydrogen-bond donors (Lipinski definition) is 0. The van der Waals surface area contributed by atoms with Gasteiger partial charge >= 0.3 is 0 Å². The zero-order valence-corrected chi connectivity index (χ0v) is 11.7. The molecule has 0 aliphatic heterocycles. The highest BCUT2D eigenvalue weighted by Crippen LogP contribution is 2.22. The molecule has 0 fully saturated rings. The van der Waals surface area contributed by atoms with E-state index in [0.29, 0.717) is 5.75 Å². The predicted molar refractivity (Wildman–Crippen MR) is 81.5 cm³/mol. The zero-order valence-electron chi connectivity index (χ0n) is 11.7. The molecule has 3 heteroatoms. The van der Waals surface area contributed by atoms with Gasteiger partial charge < -0.3 is 4.74 Å². The Morgan fingerprint density at radius 2 is 1.48 bits per heavy atom.